The molecule has 12 aromatic heterocycles. The Balaban J connectivity index is -0.0000000892. The van der Waals surface area contributed by atoms with Gasteiger partial charge in [0.05, 0.1) is 66.8 Å². The zero-order valence-electron chi connectivity index (χ0n) is 72.9. The Labute approximate surface area is 679 Å². The fourth-order valence-electron chi connectivity index (χ4n) is 1.79. The molecule has 0 fully saturated rings. The van der Waals surface area contributed by atoms with Crippen LogP contribution in [0.25, 0.3) is 0 Å². The van der Waals surface area contributed by atoms with Gasteiger partial charge in [0.15, 0.2) is 12.7 Å². The van der Waals surface area contributed by atoms with Crippen molar-refractivity contribution in [3.05, 3.63) is 169 Å². The van der Waals surface area contributed by atoms with Crippen LogP contribution in [0.15, 0.2) is 196 Å². The number of hydrogen-bond acceptors (Lipinski definition) is 32. The van der Waals surface area contributed by atoms with Gasteiger partial charge in [0.2, 0.25) is 19.2 Å². The average Bonchev–Trinajstić information content (AvgIpc) is 4.41. The molecule has 26 nitrogen and oxygen atoms in total. The van der Waals surface area contributed by atoms with E-state index in [9.17, 15) is 0 Å². The molecule has 0 spiro atoms. The van der Waals surface area contributed by atoms with Crippen LogP contribution < -0.4 is 0 Å². The highest BCUT2D eigenvalue weighted by Gasteiger charge is 1.75. The summed E-state index contributed by atoms with van der Waals surface area (Å²) in [4.78, 5) is 14.4. The number of rotatable bonds is 0. The molecule has 12 aromatic rings. The lowest BCUT2D eigenvalue weighted by Crippen LogP contribution is -1.66. The summed E-state index contributed by atoms with van der Waals surface area (Å²) >= 11 is 8.47. The zero-order valence-corrected chi connectivity index (χ0v) is 77.8. The van der Waals surface area contributed by atoms with E-state index in [4.69, 9.17) is 0 Å². The maximum absolute atomic E-state index is 4.47. The minimum atomic E-state index is 0.833. The molecule has 0 atom stereocenters. The first-order chi connectivity index (χ1) is 50.8. The van der Waals surface area contributed by atoms with Crippen molar-refractivity contribution in [3.8, 4) is 0 Å². The highest BCUT2D eigenvalue weighted by Crippen LogP contribution is 1.89. The van der Waals surface area contributed by atoms with Crippen molar-refractivity contribution in [2.45, 2.75) is 249 Å². The van der Waals surface area contributed by atoms with Gasteiger partial charge in [-0.05, 0) is 118 Å². The summed E-state index contributed by atoms with van der Waals surface area (Å²) in [6, 6.07) is 3.63. The fourth-order valence-corrected chi connectivity index (χ4v) is 3.58. The van der Waals surface area contributed by atoms with E-state index < -0.39 is 0 Å². The van der Waals surface area contributed by atoms with E-state index in [2.05, 4.69) is 375 Å². The van der Waals surface area contributed by atoms with Crippen molar-refractivity contribution in [1.82, 2.24) is 98.4 Å². The molecular weight excluding hydrogens is 1480 g/mol. The van der Waals surface area contributed by atoms with Crippen LogP contribution >= 0.6 is 69.0 Å². The molecule has 108 heavy (non-hydrogen) atoms. The summed E-state index contributed by atoms with van der Waals surface area (Å²) in [6.45, 7) is 78.0. The van der Waals surface area contributed by atoms with Crippen LogP contribution in [0.2, 0.25) is 0 Å². The molecule has 0 N–H and O–H groups in total. The van der Waals surface area contributed by atoms with E-state index >= 15 is 0 Å². The largest absolute Gasteiger partial charge is 0.452 e. The summed E-state index contributed by atoms with van der Waals surface area (Å²) in [6.07, 6.45) is 28.5. The first-order valence-electron chi connectivity index (χ1n) is 35.7. The second-order valence-electron chi connectivity index (χ2n) is 28.2. The van der Waals surface area contributed by atoms with Gasteiger partial charge >= 0.3 is 0 Å². The highest BCUT2D eigenvalue weighted by atomic mass is 32.1. The third-order valence-electron chi connectivity index (χ3n) is 3.65. The predicted molar refractivity (Wildman–Crippen MR) is 460 cm³/mol. The Hall–Kier alpha value is -7.52. The van der Waals surface area contributed by atoms with Crippen LogP contribution in [0.4, 0.5) is 0 Å². The Bertz CT molecular complexity index is 1830. The zero-order chi connectivity index (χ0) is 85.4. The lowest BCUT2D eigenvalue weighted by atomic mass is 10.3. The van der Waals surface area contributed by atoms with E-state index in [0.29, 0.717) is 0 Å². The molecule has 12 heterocycles. The van der Waals surface area contributed by atoms with Gasteiger partial charge in [-0.1, -0.05) is 274 Å². The predicted octanol–water partition coefficient (Wildman–Crippen LogP) is 26.0. The third kappa shape index (κ3) is 340. The van der Waals surface area contributed by atoms with Gasteiger partial charge in [-0.3, -0.25) is 4.98 Å². The number of oxazole rings is 1. The van der Waals surface area contributed by atoms with Crippen LogP contribution in [-0.2, 0) is 0 Å². The van der Waals surface area contributed by atoms with E-state index in [1.807, 2.05) is 22.2 Å². The van der Waals surface area contributed by atoms with Crippen LogP contribution in [-0.4, -0.2) is 98.4 Å². The summed E-state index contributed by atoms with van der Waals surface area (Å²) in [5.41, 5.74) is 6.83. The van der Waals surface area contributed by atoms with Gasteiger partial charge in [0.25, 0.3) is 0 Å². The number of thiazole rings is 1. The Morgan fingerprint density at radius 3 is 0.843 bits per heavy atom. The lowest BCUT2D eigenvalue weighted by Gasteiger charge is -1.79. The van der Waals surface area contributed by atoms with Crippen molar-refractivity contribution in [3.63, 3.8) is 0 Å². The topological polar surface area (TPSA) is 337 Å². The molecule has 0 amide bonds. The van der Waals surface area contributed by atoms with Gasteiger partial charge in [-0.2, -0.15) is 13.1 Å². The van der Waals surface area contributed by atoms with Gasteiger partial charge in [-0.25, -0.2) is 24.0 Å². The molecule has 0 aliphatic rings. The van der Waals surface area contributed by atoms with E-state index in [1.54, 1.807) is 82.8 Å². The quantitative estimate of drug-likeness (QED) is 0.136. The summed E-state index contributed by atoms with van der Waals surface area (Å²) in [5, 5.41) is 42.2. The van der Waals surface area contributed by atoms with Crippen LogP contribution in [0.1, 0.15) is 249 Å². The maximum atomic E-state index is 4.47. The third-order valence-corrected chi connectivity index (χ3v) is 6.42. The fraction of sp³-hybridized carbons (Fsp3) is 0.632. The molecule has 12 rings (SSSR count). The van der Waals surface area contributed by atoms with Gasteiger partial charge in [0, 0.05) is 33.8 Å². The van der Waals surface area contributed by atoms with Crippen molar-refractivity contribution in [2.75, 3.05) is 0 Å². The molecule has 0 radical (unpaired) electrons. The van der Waals surface area contributed by atoms with Crippen molar-refractivity contribution in [1.29, 1.82) is 0 Å². The Morgan fingerprint density at radius 1 is 0.250 bits per heavy atom. The molecule has 0 saturated heterocycles. The number of hydrogen-bond donors (Lipinski definition) is 0. The van der Waals surface area contributed by atoms with Crippen molar-refractivity contribution < 1.29 is 27.0 Å². The average molecular weight is 1630 g/mol. The van der Waals surface area contributed by atoms with Crippen LogP contribution in [0.3, 0.4) is 0 Å². The number of aromatic nitrogens is 20. The van der Waals surface area contributed by atoms with Crippen LogP contribution in [0, 0.1) is 71.0 Å². The SMILES string of the molecule is CC(C)C.CC(C)C.CC(C)C.CC(C)C.CC(C)C.CC(C)C.CC(C)C.CC(C)C.CC(C)C.CC(C)C.CC(C)C.CC(C)C.c1cnoc1.c1cnon1.c1cnsc1.c1cnsn1.c1cocn1.c1conn1.c1cscn1.c1csnn1.c1ncon1.c1ncsn1.c1nnco1.c1nncs1. The molecule has 0 saturated carbocycles. The Kier molecular flexibility index (Phi) is 145. The maximum Gasteiger partial charge on any atom is 0.213 e. The lowest BCUT2D eigenvalue weighted by molar-refractivity contribution is 0.307. The highest BCUT2D eigenvalue weighted by molar-refractivity contribution is 7.07. The minimum Gasteiger partial charge on any atom is -0.452 e. The number of nitrogens with zero attached hydrogens (tertiary/aromatic N) is 20. The van der Waals surface area contributed by atoms with Gasteiger partial charge < -0.3 is 22.4 Å². The summed E-state index contributed by atoms with van der Waals surface area (Å²) in [7, 11) is 0. The minimum absolute atomic E-state index is 0.833. The van der Waals surface area contributed by atoms with Crippen molar-refractivity contribution in [2.24, 2.45) is 71.0 Å². The molecule has 0 aliphatic carbocycles. The van der Waals surface area contributed by atoms with E-state index in [0.717, 1.165) is 71.0 Å². The smallest absolute Gasteiger partial charge is 0.213 e. The standard InChI is InChI=1S/12C4H10.2C3H3NO.2C3H3NS.4C2H2N2O.4C2H2N2S/c12*1-4(2)3;1-2-5-3-4-1;1-2-4-5-3-1;1-2-5-3-4-1;1-2-4-5-3-1;1-3-4-2-5-1;1-3-2-5-4-1;1-2-5-4-3-1;1-2-4-5-3-1;1-3-4-2-5-1;1-3-2-5-4-1;1-2-5-4-3-1;1-2-4-5-3-1/h12*4H,1-3H3;4*1-3H;8*1-2H. The first-order valence-corrected chi connectivity index (χ1v) is 40.8. The second kappa shape index (κ2) is 123. The summed E-state index contributed by atoms with van der Waals surface area (Å²) < 4.78 is 43.9. The Morgan fingerprint density at radius 2 is 0.731 bits per heavy atom. The summed E-state index contributed by atoms with van der Waals surface area (Å²) in [5.74, 6) is 10.0. The second-order valence-corrected chi connectivity index (χ2v) is 32.2. The first kappa shape index (κ1) is 127. The van der Waals surface area contributed by atoms with Gasteiger partial charge in [0.1, 0.15) is 41.6 Å². The molecule has 624 valence electrons. The van der Waals surface area contributed by atoms with Crippen molar-refractivity contribution >= 4 is 69.0 Å². The molecule has 32 heteroatoms. The normalized spacial score (nSPS) is 8.44. The molecule has 0 aromatic carbocycles. The van der Waals surface area contributed by atoms with E-state index in [-0.39, 0.29) is 0 Å². The molecule has 0 unspecified atom stereocenters. The molecular formula is C76H148N20O6S6. The van der Waals surface area contributed by atoms with Crippen LogP contribution in [0.5, 0.6) is 0 Å². The molecule has 0 aliphatic heterocycles. The van der Waals surface area contributed by atoms with E-state index in [1.165, 1.54) is 133 Å². The van der Waals surface area contributed by atoms with Gasteiger partial charge in [-0.15, -0.1) is 53.3 Å². The molecule has 0 bridgehead atoms. The monoisotopic (exact) mass is 1630 g/mol.